The van der Waals surface area contributed by atoms with Gasteiger partial charge in [-0.05, 0) is 66.9 Å². The van der Waals surface area contributed by atoms with Gasteiger partial charge in [0.2, 0.25) is 11.8 Å². The lowest BCUT2D eigenvalue weighted by Crippen LogP contribution is -2.34. The van der Waals surface area contributed by atoms with Gasteiger partial charge in [0.15, 0.2) is 0 Å². The van der Waals surface area contributed by atoms with Gasteiger partial charge in [0.05, 0.1) is 23.7 Å². The highest BCUT2D eigenvalue weighted by atomic mass is 16.5. The molecule has 7 heteroatoms. The zero-order valence-corrected chi connectivity index (χ0v) is 20.0. The Morgan fingerprint density at radius 1 is 0.972 bits per heavy atom. The molecule has 0 bridgehead atoms. The zero-order valence-electron chi connectivity index (χ0n) is 20.0. The number of likely N-dealkylation sites (tertiary alicyclic amines) is 1. The minimum Gasteiger partial charge on any atom is -0.493 e. The van der Waals surface area contributed by atoms with E-state index < -0.39 is 0 Å². The summed E-state index contributed by atoms with van der Waals surface area (Å²) in [5.41, 5.74) is 6.46. The average molecular weight is 478 g/mol. The number of hydrogen-bond donors (Lipinski definition) is 1. The second-order valence-corrected chi connectivity index (χ2v) is 9.76. The van der Waals surface area contributed by atoms with E-state index in [1.165, 1.54) is 11.1 Å². The predicted octanol–water partition coefficient (Wildman–Crippen LogP) is 5.59. The van der Waals surface area contributed by atoms with Gasteiger partial charge in [0.25, 0.3) is 0 Å². The fourth-order valence-corrected chi connectivity index (χ4v) is 5.46. The summed E-state index contributed by atoms with van der Waals surface area (Å²) in [6, 6.07) is 23.1. The number of piperidine rings is 1. The van der Waals surface area contributed by atoms with Crippen LogP contribution in [0.1, 0.15) is 35.8 Å². The molecule has 4 heterocycles. The van der Waals surface area contributed by atoms with Gasteiger partial charge < -0.3 is 9.15 Å². The van der Waals surface area contributed by atoms with Crippen molar-refractivity contribution in [2.45, 2.75) is 31.7 Å². The summed E-state index contributed by atoms with van der Waals surface area (Å²) in [5.74, 6) is 2.52. The van der Waals surface area contributed by atoms with Crippen LogP contribution < -0.4 is 4.74 Å². The maximum Gasteiger partial charge on any atom is 0.247 e. The molecule has 1 atom stereocenters. The summed E-state index contributed by atoms with van der Waals surface area (Å²) in [4.78, 5) is 2.48. The Bertz CT molecular complexity index is 1520. The molecule has 1 unspecified atom stereocenters. The molecule has 1 N–H and O–H groups in total. The van der Waals surface area contributed by atoms with Crippen LogP contribution in [-0.2, 0) is 13.0 Å². The van der Waals surface area contributed by atoms with E-state index in [0.717, 1.165) is 84.9 Å². The Morgan fingerprint density at radius 3 is 2.83 bits per heavy atom. The highest BCUT2D eigenvalue weighted by molar-refractivity contribution is 5.95. The van der Waals surface area contributed by atoms with E-state index in [-0.39, 0.29) is 5.92 Å². The van der Waals surface area contributed by atoms with Crippen LogP contribution in [0.25, 0.3) is 33.6 Å². The monoisotopic (exact) mass is 477 g/mol. The number of ether oxygens (including phenoxy) is 1. The fourth-order valence-electron chi connectivity index (χ4n) is 5.46. The van der Waals surface area contributed by atoms with Crippen molar-refractivity contribution in [2.75, 3.05) is 19.7 Å². The van der Waals surface area contributed by atoms with Crippen LogP contribution in [0.5, 0.6) is 5.75 Å². The lowest BCUT2D eigenvalue weighted by Gasteiger charge is -2.31. The quantitative estimate of drug-likeness (QED) is 0.355. The van der Waals surface area contributed by atoms with Crippen molar-refractivity contribution in [1.29, 1.82) is 0 Å². The van der Waals surface area contributed by atoms with E-state index in [1.807, 2.05) is 18.2 Å². The van der Waals surface area contributed by atoms with Gasteiger partial charge in [0.1, 0.15) is 5.75 Å². The summed E-state index contributed by atoms with van der Waals surface area (Å²) in [6.07, 6.45) is 3.14. The first-order chi connectivity index (χ1) is 17.8. The van der Waals surface area contributed by atoms with Crippen molar-refractivity contribution in [2.24, 2.45) is 0 Å². The molecular weight excluding hydrogens is 450 g/mol. The smallest absolute Gasteiger partial charge is 0.247 e. The molecule has 0 radical (unpaired) electrons. The second-order valence-electron chi connectivity index (χ2n) is 9.76. The van der Waals surface area contributed by atoms with Crippen LogP contribution in [0, 0.1) is 0 Å². The van der Waals surface area contributed by atoms with Crippen LogP contribution in [0.3, 0.4) is 0 Å². The molecule has 0 spiro atoms. The molecule has 0 amide bonds. The molecule has 7 rings (SSSR count). The third-order valence-corrected chi connectivity index (χ3v) is 7.32. The summed E-state index contributed by atoms with van der Waals surface area (Å²) >= 11 is 0. The number of rotatable bonds is 5. The Kier molecular flexibility index (Phi) is 5.28. The Labute approximate surface area is 209 Å². The largest absolute Gasteiger partial charge is 0.493 e. The van der Waals surface area contributed by atoms with E-state index in [4.69, 9.17) is 9.15 Å². The first-order valence-electron chi connectivity index (χ1n) is 12.6. The highest BCUT2D eigenvalue weighted by Crippen LogP contribution is 2.35. The molecule has 5 aromatic rings. The molecule has 180 valence electrons. The van der Waals surface area contributed by atoms with E-state index in [1.54, 1.807) is 0 Å². The molecule has 1 fully saturated rings. The topological polar surface area (TPSA) is 80.1 Å². The summed E-state index contributed by atoms with van der Waals surface area (Å²) < 4.78 is 11.9. The first-order valence-corrected chi connectivity index (χ1v) is 12.6. The lowest BCUT2D eigenvalue weighted by molar-refractivity contribution is 0.186. The number of aromatic amines is 1. The third kappa shape index (κ3) is 3.95. The van der Waals surface area contributed by atoms with Crippen LogP contribution in [-0.4, -0.2) is 45.0 Å². The van der Waals surface area contributed by atoms with Gasteiger partial charge in [-0.3, -0.25) is 10.00 Å². The molecule has 0 saturated carbocycles. The van der Waals surface area contributed by atoms with Crippen molar-refractivity contribution >= 4 is 10.9 Å². The first kappa shape index (κ1) is 21.3. The Morgan fingerprint density at radius 2 is 1.89 bits per heavy atom. The van der Waals surface area contributed by atoms with Crippen molar-refractivity contribution in [1.82, 2.24) is 25.3 Å². The fraction of sp³-hybridized carbons (Fsp3) is 0.276. The number of H-pyrrole nitrogens is 1. The molecule has 2 aliphatic heterocycles. The minimum atomic E-state index is 0.255. The third-order valence-electron chi connectivity index (χ3n) is 7.32. The van der Waals surface area contributed by atoms with Crippen LogP contribution in [0.4, 0.5) is 0 Å². The maximum absolute atomic E-state index is 6.24. The van der Waals surface area contributed by atoms with E-state index in [0.29, 0.717) is 5.89 Å². The van der Waals surface area contributed by atoms with Crippen molar-refractivity contribution in [3.8, 4) is 28.5 Å². The normalized spacial score (nSPS) is 17.8. The number of nitrogens with zero attached hydrogens (tertiary/aromatic N) is 4. The molecule has 36 heavy (non-hydrogen) atoms. The maximum atomic E-state index is 6.24. The number of benzene rings is 3. The van der Waals surface area contributed by atoms with Gasteiger partial charge in [-0.1, -0.05) is 30.3 Å². The molecule has 1 saturated heterocycles. The molecule has 7 nitrogen and oxygen atoms in total. The SMILES string of the molecule is c1ccc(CN2CCCC(c3nnc(-c4ccc5[nH]nc(-c6ccc7c(c6)CCO7)c5c4)o3)C2)cc1. The molecule has 3 aromatic carbocycles. The Hall–Kier alpha value is -3.97. The summed E-state index contributed by atoms with van der Waals surface area (Å²) in [5, 5.41) is 17.7. The van der Waals surface area contributed by atoms with Gasteiger partial charge in [-0.15, -0.1) is 10.2 Å². The molecular formula is C29H27N5O2. The lowest BCUT2D eigenvalue weighted by atomic mass is 9.97. The van der Waals surface area contributed by atoms with Gasteiger partial charge in [-0.25, -0.2) is 0 Å². The number of hydrogen-bond acceptors (Lipinski definition) is 6. The van der Waals surface area contributed by atoms with Crippen LogP contribution in [0.15, 0.2) is 71.1 Å². The van der Waals surface area contributed by atoms with Crippen LogP contribution >= 0.6 is 0 Å². The number of aromatic nitrogens is 4. The highest BCUT2D eigenvalue weighted by Gasteiger charge is 2.26. The average Bonchev–Trinajstić information content (AvgIpc) is 3.68. The van der Waals surface area contributed by atoms with E-state index in [9.17, 15) is 0 Å². The Balaban J connectivity index is 1.14. The standard InChI is InChI=1S/C29H27N5O2/c1-2-5-19(6-3-1)17-34-13-4-7-23(18-34)29-33-32-28(36-29)22-8-10-25-24(16-22)27(31-30-25)21-9-11-26-20(15-21)12-14-35-26/h1-3,5-6,8-11,15-16,23H,4,7,12-14,17-18H2,(H,30,31). The number of nitrogens with one attached hydrogen (secondary N) is 1. The summed E-state index contributed by atoms with van der Waals surface area (Å²) in [6.45, 7) is 3.73. The molecule has 2 aliphatic rings. The van der Waals surface area contributed by atoms with Crippen LogP contribution in [0.2, 0.25) is 0 Å². The zero-order chi connectivity index (χ0) is 23.9. The van der Waals surface area contributed by atoms with E-state index in [2.05, 4.69) is 73.8 Å². The minimum absolute atomic E-state index is 0.255. The van der Waals surface area contributed by atoms with Gasteiger partial charge in [-0.2, -0.15) is 5.10 Å². The van der Waals surface area contributed by atoms with Crippen molar-refractivity contribution < 1.29 is 9.15 Å². The predicted molar refractivity (Wildman–Crippen MR) is 138 cm³/mol. The second kappa shape index (κ2) is 8.91. The van der Waals surface area contributed by atoms with Gasteiger partial charge in [0, 0.05) is 36.0 Å². The van der Waals surface area contributed by atoms with Gasteiger partial charge >= 0.3 is 0 Å². The van der Waals surface area contributed by atoms with Crippen molar-refractivity contribution in [3.63, 3.8) is 0 Å². The number of fused-ring (bicyclic) bond motifs is 2. The van der Waals surface area contributed by atoms with E-state index >= 15 is 0 Å². The summed E-state index contributed by atoms with van der Waals surface area (Å²) in [7, 11) is 0. The van der Waals surface area contributed by atoms with Crippen molar-refractivity contribution in [3.05, 3.63) is 83.7 Å². The molecule has 2 aromatic heterocycles. The molecule has 0 aliphatic carbocycles.